The number of carbonyl (C=O) groups excluding carboxylic acids is 1. The van der Waals surface area contributed by atoms with Gasteiger partial charge in [0, 0.05) is 69.0 Å². The van der Waals surface area contributed by atoms with Crippen LogP contribution in [0.2, 0.25) is 0 Å². The van der Waals surface area contributed by atoms with Crippen molar-refractivity contribution in [2.75, 3.05) is 39.4 Å². The van der Waals surface area contributed by atoms with Gasteiger partial charge in [-0.15, -0.1) is 0 Å². The minimum Gasteiger partial charge on any atom is -0.381 e. The lowest BCUT2D eigenvalue weighted by Crippen LogP contribution is -2.57. The number of aromatic amines is 1. The molecule has 3 aromatic rings. The highest BCUT2D eigenvalue weighted by Gasteiger charge is 2.54. The number of H-pyrrole nitrogens is 1. The maximum absolute atomic E-state index is 13.0. The minimum absolute atomic E-state index is 0.0596. The average Bonchev–Trinajstić information content (AvgIpc) is 3.68. The van der Waals surface area contributed by atoms with Crippen LogP contribution in [0.15, 0.2) is 34.0 Å². The first kappa shape index (κ1) is 25.3. The van der Waals surface area contributed by atoms with Crippen LogP contribution in [-0.4, -0.2) is 80.1 Å². The second-order valence-corrected chi connectivity index (χ2v) is 9.77. The second kappa shape index (κ2) is 10.5. The largest absolute Gasteiger partial charge is 0.381 e. The SMILES string of the molecule is CC.CC(c1nc(C2CN(C(=O)c3c[nH]c(=O)cn3)CC23CNC3)no1)n1ccc(C2CCOCC2)n1. The van der Waals surface area contributed by atoms with E-state index in [0.717, 1.165) is 51.0 Å². The lowest BCUT2D eigenvalue weighted by Gasteiger charge is -2.42. The number of carbonyl (C=O) groups is 1. The molecule has 6 rings (SSSR count). The van der Waals surface area contributed by atoms with E-state index in [0.29, 0.717) is 30.7 Å². The first-order valence-electron chi connectivity index (χ1n) is 13.0. The molecule has 12 heteroatoms. The predicted octanol–water partition coefficient (Wildman–Crippen LogP) is 1.71. The van der Waals surface area contributed by atoms with Crippen LogP contribution in [0.4, 0.5) is 0 Å². The zero-order valence-corrected chi connectivity index (χ0v) is 21.5. The summed E-state index contributed by atoms with van der Waals surface area (Å²) in [6.45, 7) is 10.1. The molecule has 12 nitrogen and oxygen atoms in total. The Morgan fingerprint density at radius 3 is 2.70 bits per heavy atom. The highest BCUT2D eigenvalue weighted by atomic mass is 16.5. The summed E-state index contributed by atoms with van der Waals surface area (Å²) < 4.78 is 13.0. The van der Waals surface area contributed by atoms with Crippen LogP contribution in [0.3, 0.4) is 0 Å². The van der Waals surface area contributed by atoms with Crippen molar-refractivity contribution in [3.63, 3.8) is 0 Å². The molecule has 0 radical (unpaired) electrons. The molecule has 3 aliphatic rings. The normalized spacial score (nSPS) is 21.8. The van der Waals surface area contributed by atoms with Gasteiger partial charge in [-0.1, -0.05) is 19.0 Å². The molecular formula is C25H34N8O4. The first-order valence-corrected chi connectivity index (χ1v) is 13.0. The Morgan fingerprint density at radius 2 is 2.03 bits per heavy atom. The van der Waals surface area contributed by atoms with E-state index in [4.69, 9.17) is 19.3 Å². The quantitative estimate of drug-likeness (QED) is 0.524. The molecule has 37 heavy (non-hydrogen) atoms. The Hall–Kier alpha value is -3.38. The second-order valence-electron chi connectivity index (χ2n) is 9.77. The van der Waals surface area contributed by atoms with Gasteiger partial charge in [-0.3, -0.25) is 14.3 Å². The zero-order chi connectivity index (χ0) is 26.0. The standard InChI is InChI=1S/C23H28N8O4.C2H6/c1-14(31-5-2-17(28-31)15-3-6-34-7-4-15)21-27-20(29-35-21)16-10-30(13-23(16)11-24-12-23)22(33)18-8-26-19(32)9-25-18;1-2/h2,5,8-9,14-16,24H,3-4,6-7,10-13H2,1H3,(H,26,32);1-2H3. The van der Waals surface area contributed by atoms with Crippen LogP contribution >= 0.6 is 0 Å². The molecule has 3 aliphatic heterocycles. The van der Waals surface area contributed by atoms with E-state index in [9.17, 15) is 9.59 Å². The molecule has 3 aromatic heterocycles. The van der Waals surface area contributed by atoms with Gasteiger partial charge in [0.25, 0.3) is 17.4 Å². The van der Waals surface area contributed by atoms with Crippen LogP contribution in [0, 0.1) is 5.41 Å². The van der Waals surface area contributed by atoms with Crippen molar-refractivity contribution in [1.29, 1.82) is 0 Å². The number of hydrogen-bond donors (Lipinski definition) is 2. The van der Waals surface area contributed by atoms with E-state index in [-0.39, 0.29) is 34.5 Å². The molecule has 198 valence electrons. The van der Waals surface area contributed by atoms with E-state index in [1.54, 1.807) is 4.90 Å². The van der Waals surface area contributed by atoms with Crippen molar-refractivity contribution in [3.05, 3.63) is 58.1 Å². The highest BCUT2D eigenvalue weighted by molar-refractivity contribution is 5.92. The molecule has 2 N–H and O–H groups in total. The predicted molar refractivity (Wildman–Crippen MR) is 133 cm³/mol. The van der Waals surface area contributed by atoms with Gasteiger partial charge in [0.1, 0.15) is 11.7 Å². The number of hydrogen-bond acceptors (Lipinski definition) is 9. The van der Waals surface area contributed by atoms with Crippen molar-refractivity contribution in [1.82, 2.24) is 40.1 Å². The highest BCUT2D eigenvalue weighted by Crippen LogP contribution is 2.45. The van der Waals surface area contributed by atoms with E-state index in [1.165, 1.54) is 6.20 Å². The molecule has 0 bridgehead atoms. The van der Waals surface area contributed by atoms with Crippen molar-refractivity contribution in [3.8, 4) is 0 Å². The van der Waals surface area contributed by atoms with Gasteiger partial charge < -0.3 is 24.5 Å². The molecule has 2 atom stereocenters. The molecular weight excluding hydrogens is 476 g/mol. The fraction of sp³-hybridized carbons (Fsp3) is 0.600. The number of nitrogens with one attached hydrogen (secondary N) is 2. The van der Waals surface area contributed by atoms with Crippen LogP contribution < -0.4 is 10.9 Å². The van der Waals surface area contributed by atoms with Gasteiger partial charge in [-0.25, -0.2) is 4.98 Å². The van der Waals surface area contributed by atoms with Crippen LogP contribution in [-0.2, 0) is 4.74 Å². The Labute approximate surface area is 214 Å². The van der Waals surface area contributed by atoms with Crippen molar-refractivity contribution in [2.45, 2.75) is 51.5 Å². The number of likely N-dealkylation sites (tertiary alicyclic amines) is 1. The van der Waals surface area contributed by atoms with Crippen molar-refractivity contribution in [2.24, 2.45) is 5.41 Å². The maximum atomic E-state index is 13.0. The third-order valence-corrected chi connectivity index (χ3v) is 7.57. The van der Waals surface area contributed by atoms with Gasteiger partial charge in [-0.2, -0.15) is 10.1 Å². The Bertz CT molecular complexity index is 1250. The molecule has 0 aromatic carbocycles. The fourth-order valence-electron chi connectivity index (χ4n) is 5.36. The van der Waals surface area contributed by atoms with Gasteiger partial charge in [0.05, 0.1) is 11.9 Å². The summed E-state index contributed by atoms with van der Waals surface area (Å²) in [7, 11) is 0. The topological polar surface area (TPSA) is 144 Å². The molecule has 0 aliphatic carbocycles. The maximum Gasteiger partial charge on any atom is 0.274 e. The Balaban J connectivity index is 0.00000137. The Kier molecular flexibility index (Phi) is 7.20. The number of aromatic nitrogens is 6. The summed E-state index contributed by atoms with van der Waals surface area (Å²) in [6, 6.07) is 1.86. The summed E-state index contributed by atoms with van der Waals surface area (Å²) >= 11 is 0. The minimum atomic E-state index is -0.342. The summed E-state index contributed by atoms with van der Waals surface area (Å²) in [5, 5.41) is 12.4. The van der Waals surface area contributed by atoms with Gasteiger partial charge in [-0.05, 0) is 25.8 Å². The number of amides is 1. The third-order valence-electron chi connectivity index (χ3n) is 7.57. The molecule has 6 heterocycles. The van der Waals surface area contributed by atoms with Crippen molar-refractivity contribution < 1.29 is 14.1 Å². The van der Waals surface area contributed by atoms with E-state index >= 15 is 0 Å². The first-order chi connectivity index (χ1) is 18.0. The fourth-order valence-corrected chi connectivity index (χ4v) is 5.36. The summed E-state index contributed by atoms with van der Waals surface area (Å²) in [5.41, 5.74) is 0.796. The lowest BCUT2D eigenvalue weighted by atomic mass is 9.73. The van der Waals surface area contributed by atoms with Crippen LogP contribution in [0.1, 0.15) is 79.4 Å². The smallest absolute Gasteiger partial charge is 0.274 e. The molecule has 0 saturated carbocycles. The van der Waals surface area contributed by atoms with Gasteiger partial charge in [0.15, 0.2) is 5.82 Å². The monoisotopic (exact) mass is 510 g/mol. The number of rotatable bonds is 5. The third kappa shape index (κ3) is 4.82. The summed E-state index contributed by atoms with van der Waals surface area (Å²) in [5.74, 6) is 1.24. The number of ether oxygens (including phenoxy) is 1. The summed E-state index contributed by atoms with van der Waals surface area (Å²) in [6.07, 6.45) is 6.41. The van der Waals surface area contributed by atoms with Gasteiger partial charge in [0.2, 0.25) is 0 Å². The average molecular weight is 511 g/mol. The molecule has 3 fully saturated rings. The molecule has 1 spiro atoms. The lowest BCUT2D eigenvalue weighted by molar-refractivity contribution is 0.0743. The molecule has 1 amide bonds. The van der Waals surface area contributed by atoms with Crippen molar-refractivity contribution >= 4 is 5.91 Å². The number of nitrogens with zero attached hydrogens (tertiary/aromatic N) is 6. The summed E-state index contributed by atoms with van der Waals surface area (Å²) in [4.78, 5) is 37.4. The molecule has 3 saturated heterocycles. The zero-order valence-electron chi connectivity index (χ0n) is 21.5. The van der Waals surface area contributed by atoms with E-state index in [2.05, 4.69) is 26.5 Å². The van der Waals surface area contributed by atoms with Crippen LogP contribution in [0.5, 0.6) is 0 Å². The van der Waals surface area contributed by atoms with Gasteiger partial charge >= 0.3 is 0 Å². The Morgan fingerprint density at radius 1 is 1.24 bits per heavy atom. The van der Waals surface area contributed by atoms with E-state index < -0.39 is 0 Å². The van der Waals surface area contributed by atoms with E-state index in [1.807, 2.05) is 31.6 Å². The van der Waals surface area contributed by atoms with Crippen LogP contribution in [0.25, 0.3) is 0 Å². The molecule has 2 unspecified atom stereocenters.